The summed E-state index contributed by atoms with van der Waals surface area (Å²) in [7, 11) is 0. The van der Waals surface area contributed by atoms with E-state index in [2.05, 4.69) is 16.5 Å². The van der Waals surface area contributed by atoms with Crippen LogP contribution in [0.2, 0.25) is 0 Å². The molecule has 0 fully saturated rings. The van der Waals surface area contributed by atoms with E-state index in [4.69, 9.17) is 4.52 Å². The van der Waals surface area contributed by atoms with Crippen molar-refractivity contribution in [1.82, 2.24) is 10.5 Å². The number of hydrogen-bond donors (Lipinski definition) is 1. The molecular formula is C19H20F2N2O. The van der Waals surface area contributed by atoms with E-state index in [1.165, 1.54) is 17.7 Å². The first kappa shape index (κ1) is 16.6. The zero-order valence-corrected chi connectivity index (χ0v) is 13.6. The average molecular weight is 330 g/mol. The fraction of sp³-hybridized carbons (Fsp3) is 0.316. The number of hydrogen-bond acceptors (Lipinski definition) is 3. The van der Waals surface area contributed by atoms with E-state index < -0.39 is 11.6 Å². The van der Waals surface area contributed by atoms with Crippen LogP contribution >= 0.6 is 0 Å². The summed E-state index contributed by atoms with van der Waals surface area (Å²) in [6.45, 7) is 2.90. The number of rotatable bonds is 7. The third kappa shape index (κ3) is 4.17. The molecule has 0 spiro atoms. The van der Waals surface area contributed by atoms with E-state index in [1.54, 1.807) is 12.3 Å². The molecule has 0 bridgehead atoms. The summed E-state index contributed by atoms with van der Waals surface area (Å²) in [6, 6.07) is 10.4. The predicted octanol–water partition coefficient (Wildman–Crippen LogP) is 4.26. The van der Waals surface area contributed by atoms with Crippen LogP contribution in [0.5, 0.6) is 0 Å². The Balaban J connectivity index is 1.43. The standard InChI is InChI=1S/C19H20F2N2O/c1-13(9-15-5-7-17(20)18(21)10-15)22-8-2-3-14-4-6-16-12-23-24-19(16)11-14/h4-7,10-13,22H,2-3,8-9H2,1H3. The third-order valence-electron chi connectivity index (χ3n) is 4.08. The van der Waals surface area contributed by atoms with Gasteiger partial charge in [0, 0.05) is 11.4 Å². The quantitative estimate of drug-likeness (QED) is 0.658. The molecular weight excluding hydrogens is 310 g/mol. The molecule has 3 rings (SSSR count). The van der Waals surface area contributed by atoms with Gasteiger partial charge in [-0.25, -0.2) is 8.78 Å². The van der Waals surface area contributed by atoms with Crippen molar-refractivity contribution in [2.45, 2.75) is 32.2 Å². The van der Waals surface area contributed by atoms with Gasteiger partial charge in [0.05, 0.1) is 6.20 Å². The number of nitrogens with zero attached hydrogens (tertiary/aromatic N) is 1. The highest BCUT2D eigenvalue weighted by Crippen LogP contribution is 2.16. The van der Waals surface area contributed by atoms with E-state index in [9.17, 15) is 8.78 Å². The van der Waals surface area contributed by atoms with Crippen molar-refractivity contribution >= 4 is 11.0 Å². The second kappa shape index (κ2) is 7.53. The van der Waals surface area contributed by atoms with Crippen LogP contribution in [0, 0.1) is 11.6 Å². The van der Waals surface area contributed by atoms with Crippen molar-refractivity contribution in [2.75, 3.05) is 6.54 Å². The molecule has 5 heteroatoms. The van der Waals surface area contributed by atoms with Gasteiger partial charge in [0.15, 0.2) is 17.2 Å². The highest BCUT2D eigenvalue weighted by atomic mass is 19.2. The van der Waals surface area contributed by atoms with Gasteiger partial charge in [0.25, 0.3) is 0 Å². The molecule has 3 aromatic rings. The number of benzene rings is 2. The summed E-state index contributed by atoms with van der Waals surface area (Å²) in [5, 5.41) is 8.20. The summed E-state index contributed by atoms with van der Waals surface area (Å²) in [5.41, 5.74) is 2.83. The molecule has 0 saturated heterocycles. The van der Waals surface area contributed by atoms with E-state index in [0.717, 1.165) is 35.9 Å². The molecule has 0 amide bonds. The minimum atomic E-state index is -0.803. The Morgan fingerprint density at radius 2 is 1.92 bits per heavy atom. The SMILES string of the molecule is CC(Cc1ccc(F)c(F)c1)NCCCc1ccc2cnoc2c1. The van der Waals surface area contributed by atoms with Gasteiger partial charge in [-0.2, -0.15) is 0 Å². The van der Waals surface area contributed by atoms with Crippen LogP contribution in [0.25, 0.3) is 11.0 Å². The van der Waals surface area contributed by atoms with E-state index in [-0.39, 0.29) is 6.04 Å². The van der Waals surface area contributed by atoms with Crippen molar-refractivity contribution in [3.8, 4) is 0 Å². The average Bonchev–Trinajstić information content (AvgIpc) is 3.03. The summed E-state index contributed by atoms with van der Waals surface area (Å²) in [4.78, 5) is 0. The smallest absolute Gasteiger partial charge is 0.167 e. The molecule has 1 atom stereocenters. The lowest BCUT2D eigenvalue weighted by atomic mass is 10.1. The monoisotopic (exact) mass is 330 g/mol. The first-order chi connectivity index (χ1) is 11.6. The molecule has 0 aliphatic carbocycles. The number of aromatic nitrogens is 1. The van der Waals surface area contributed by atoms with Gasteiger partial charge in [-0.15, -0.1) is 0 Å². The number of fused-ring (bicyclic) bond motifs is 1. The highest BCUT2D eigenvalue weighted by Gasteiger charge is 2.07. The minimum Gasteiger partial charge on any atom is -0.356 e. The largest absolute Gasteiger partial charge is 0.356 e. The Bertz CT molecular complexity index is 816. The molecule has 24 heavy (non-hydrogen) atoms. The van der Waals surface area contributed by atoms with Crippen molar-refractivity contribution in [1.29, 1.82) is 0 Å². The van der Waals surface area contributed by atoms with E-state index in [0.29, 0.717) is 6.42 Å². The molecule has 1 N–H and O–H groups in total. The Kier molecular flexibility index (Phi) is 5.20. The van der Waals surface area contributed by atoms with E-state index >= 15 is 0 Å². The fourth-order valence-electron chi connectivity index (χ4n) is 2.79. The maximum Gasteiger partial charge on any atom is 0.167 e. The maximum atomic E-state index is 13.2. The van der Waals surface area contributed by atoms with Crippen molar-refractivity contribution < 1.29 is 13.3 Å². The zero-order valence-electron chi connectivity index (χ0n) is 13.6. The van der Waals surface area contributed by atoms with Gasteiger partial charge in [-0.3, -0.25) is 0 Å². The fourth-order valence-corrected chi connectivity index (χ4v) is 2.79. The van der Waals surface area contributed by atoms with Crippen LogP contribution in [-0.4, -0.2) is 17.7 Å². The van der Waals surface area contributed by atoms with Gasteiger partial charge in [-0.05, 0) is 68.1 Å². The number of halogens is 2. The van der Waals surface area contributed by atoms with Crippen molar-refractivity contribution in [3.63, 3.8) is 0 Å². The van der Waals surface area contributed by atoms with Crippen LogP contribution in [0.15, 0.2) is 47.1 Å². The zero-order chi connectivity index (χ0) is 16.9. The lowest BCUT2D eigenvalue weighted by Crippen LogP contribution is -2.29. The Labute approximate surface area is 139 Å². The summed E-state index contributed by atoms with van der Waals surface area (Å²) < 4.78 is 31.3. The first-order valence-corrected chi connectivity index (χ1v) is 8.12. The predicted molar refractivity (Wildman–Crippen MR) is 89.9 cm³/mol. The van der Waals surface area contributed by atoms with Crippen LogP contribution in [0.4, 0.5) is 8.78 Å². The lowest BCUT2D eigenvalue weighted by Gasteiger charge is -2.14. The topological polar surface area (TPSA) is 38.1 Å². The Morgan fingerprint density at radius 3 is 2.75 bits per heavy atom. The normalized spacial score (nSPS) is 12.6. The second-order valence-corrected chi connectivity index (χ2v) is 6.11. The molecule has 3 nitrogen and oxygen atoms in total. The first-order valence-electron chi connectivity index (χ1n) is 8.12. The lowest BCUT2D eigenvalue weighted by molar-refractivity contribution is 0.456. The molecule has 0 saturated carbocycles. The van der Waals surface area contributed by atoms with Crippen LogP contribution in [0.1, 0.15) is 24.5 Å². The highest BCUT2D eigenvalue weighted by molar-refractivity contribution is 5.76. The van der Waals surface area contributed by atoms with Crippen LogP contribution in [-0.2, 0) is 12.8 Å². The molecule has 0 aliphatic heterocycles. The second-order valence-electron chi connectivity index (χ2n) is 6.11. The van der Waals surface area contributed by atoms with Crippen LogP contribution in [0.3, 0.4) is 0 Å². The third-order valence-corrected chi connectivity index (χ3v) is 4.08. The molecule has 1 heterocycles. The summed E-state index contributed by atoms with van der Waals surface area (Å²) in [6.07, 6.45) is 4.31. The minimum absolute atomic E-state index is 0.201. The van der Waals surface area contributed by atoms with Gasteiger partial charge < -0.3 is 9.84 Å². The molecule has 0 aliphatic rings. The van der Waals surface area contributed by atoms with Crippen molar-refractivity contribution in [2.24, 2.45) is 0 Å². The summed E-state index contributed by atoms with van der Waals surface area (Å²) in [5.74, 6) is -1.59. The molecule has 126 valence electrons. The molecule has 1 unspecified atom stereocenters. The van der Waals surface area contributed by atoms with Gasteiger partial charge in [-0.1, -0.05) is 17.3 Å². The molecule has 0 radical (unpaired) electrons. The maximum absolute atomic E-state index is 13.2. The Hall–Kier alpha value is -2.27. The number of nitrogens with one attached hydrogen (secondary N) is 1. The van der Waals surface area contributed by atoms with Gasteiger partial charge in [0.2, 0.25) is 0 Å². The molecule has 2 aromatic carbocycles. The van der Waals surface area contributed by atoms with E-state index in [1.807, 2.05) is 19.1 Å². The Morgan fingerprint density at radius 1 is 1.08 bits per heavy atom. The summed E-state index contributed by atoms with van der Waals surface area (Å²) >= 11 is 0. The number of aryl methyl sites for hydroxylation is 1. The van der Waals surface area contributed by atoms with Gasteiger partial charge in [0.1, 0.15) is 0 Å². The molecule has 1 aromatic heterocycles. The van der Waals surface area contributed by atoms with Crippen LogP contribution < -0.4 is 5.32 Å². The van der Waals surface area contributed by atoms with Crippen molar-refractivity contribution in [3.05, 3.63) is 65.4 Å². The van der Waals surface area contributed by atoms with Gasteiger partial charge >= 0.3 is 0 Å².